The zero-order valence-electron chi connectivity index (χ0n) is 13.2. The summed E-state index contributed by atoms with van der Waals surface area (Å²) in [5, 5.41) is 0. The van der Waals surface area contributed by atoms with Crippen LogP contribution in [0.1, 0.15) is 57.6 Å². The first-order valence-electron chi connectivity index (χ1n) is 7.54. The molecule has 0 radical (unpaired) electrons. The Hall–Kier alpha value is -0.800. The standard InChI is InChI=1S/C16H30N2O/c1-6-15(7-2)18(10-12(3)4)11-14-8-16(9-17)19-13(14)5/h8,12,15H,6-7,9-11,17H2,1-5H3. The van der Waals surface area contributed by atoms with Gasteiger partial charge in [0, 0.05) is 24.7 Å². The molecule has 1 aromatic rings. The third-order valence-corrected chi connectivity index (χ3v) is 3.70. The maximum absolute atomic E-state index is 5.67. The number of furan rings is 1. The molecule has 0 saturated heterocycles. The molecule has 0 aliphatic heterocycles. The van der Waals surface area contributed by atoms with E-state index in [1.54, 1.807) is 0 Å². The lowest BCUT2D eigenvalue weighted by atomic mass is 10.1. The summed E-state index contributed by atoms with van der Waals surface area (Å²) in [6.45, 7) is 13.7. The largest absolute Gasteiger partial charge is 0.465 e. The van der Waals surface area contributed by atoms with Gasteiger partial charge in [0.1, 0.15) is 11.5 Å². The summed E-state index contributed by atoms with van der Waals surface area (Å²) >= 11 is 0. The van der Waals surface area contributed by atoms with Crippen LogP contribution in [0.2, 0.25) is 0 Å². The highest BCUT2D eigenvalue weighted by atomic mass is 16.3. The molecule has 0 fully saturated rings. The summed E-state index contributed by atoms with van der Waals surface area (Å²) in [5.74, 6) is 2.59. The van der Waals surface area contributed by atoms with Crippen LogP contribution in [0.15, 0.2) is 10.5 Å². The van der Waals surface area contributed by atoms with Gasteiger partial charge in [-0.1, -0.05) is 27.7 Å². The van der Waals surface area contributed by atoms with E-state index in [0.29, 0.717) is 18.5 Å². The molecule has 0 unspecified atom stereocenters. The molecule has 0 amide bonds. The number of nitrogens with two attached hydrogens (primary N) is 1. The van der Waals surface area contributed by atoms with Crippen molar-refractivity contribution in [2.75, 3.05) is 6.54 Å². The fourth-order valence-electron chi connectivity index (χ4n) is 2.68. The van der Waals surface area contributed by atoms with Crippen LogP contribution in [-0.2, 0) is 13.1 Å². The van der Waals surface area contributed by atoms with Crippen molar-refractivity contribution in [2.24, 2.45) is 11.7 Å². The number of hydrogen-bond donors (Lipinski definition) is 1. The van der Waals surface area contributed by atoms with Gasteiger partial charge in [0.25, 0.3) is 0 Å². The Labute approximate surface area is 118 Å². The number of aryl methyl sites for hydroxylation is 1. The van der Waals surface area contributed by atoms with Crippen molar-refractivity contribution in [3.05, 3.63) is 23.2 Å². The normalized spacial score (nSPS) is 12.1. The van der Waals surface area contributed by atoms with E-state index in [1.807, 2.05) is 6.92 Å². The molecular weight excluding hydrogens is 236 g/mol. The second kappa shape index (κ2) is 7.71. The summed E-state index contributed by atoms with van der Waals surface area (Å²) in [7, 11) is 0. The van der Waals surface area contributed by atoms with Crippen LogP contribution in [-0.4, -0.2) is 17.5 Å². The van der Waals surface area contributed by atoms with Gasteiger partial charge in [0.05, 0.1) is 6.54 Å². The summed E-state index contributed by atoms with van der Waals surface area (Å²) in [4.78, 5) is 2.59. The van der Waals surface area contributed by atoms with Crippen LogP contribution in [0.4, 0.5) is 0 Å². The molecule has 3 nitrogen and oxygen atoms in total. The second-order valence-corrected chi connectivity index (χ2v) is 5.79. The molecule has 1 heterocycles. The van der Waals surface area contributed by atoms with Gasteiger partial charge in [-0.3, -0.25) is 4.90 Å². The lowest BCUT2D eigenvalue weighted by molar-refractivity contribution is 0.156. The van der Waals surface area contributed by atoms with Crippen LogP contribution >= 0.6 is 0 Å². The first-order valence-corrected chi connectivity index (χ1v) is 7.54. The number of hydrogen-bond acceptors (Lipinski definition) is 3. The van der Waals surface area contributed by atoms with Gasteiger partial charge in [-0.25, -0.2) is 0 Å². The maximum atomic E-state index is 5.67. The maximum Gasteiger partial charge on any atom is 0.118 e. The topological polar surface area (TPSA) is 42.4 Å². The quantitative estimate of drug-likeness (QED) is 0.780. The second-order valence-electron chi connectivity index (χ2n) is 5.79. The molecule has 0 aliphatic carbocycles. The Balaban J connectivity index is 2.83. The highest BCUT2D eigenvalue weighted by molar-refractivity contribution is 5.20. The Bertz CT molecular complexity index is 367. The Morgan fingerprint density at radius 1 is 1.26 bits per heavy atom. The fraction of sp³-hybridized carbons (Fsp3) is 0.750. The molecule has 1 rings (SSSR count). The van der Waals surface area contributed by atoms with E-state index in [4.69, 9.17) is 10.2 Å². The third kappa shape index (κ3) is 4.66. The highest BCUT2D eigenvalue weighted by Crippen LogP contribution is 2.20. The van der Waals surface area contributed by atoms with E-state index in [9.17, 15) is 0 Å². The van der Waals surface area contributed by atoms with Gasteiger partial charge >= 0.3 is 0 Å². The molecule has 0 atom stereocenters. The first-order chi connectivity index (χ1) is 9.01. The van der Waals surface area contributed by atoms with Crippen molar-refractivity contribution in [3.8, 4) is 0 Å². The predicted octanol–water partition coefficient (Wildman–Crippen LogP) is 3.69. The van der Waals surface area contributed by atoms with Gasteiger partial charge in [0.15, 0.2) is 0 Å². The summed E-state index contributed by atoms with van der Waals surface area (Å²) < 4.78 is 5.67. The number of rotatable bonds is 8. The van der Waals surface area contributed by atoms with Crippen LogP contribution in [0, 0.1) is 12.8 Å². The molecule has 0 saturated carbocycles. The molecular formula is C16H30N2O. The van der Waals surface area contributed by atoms with Gasteiger partial charge in [0.2, 0.25) is 0 Å². The molecule has 3 heteroatoms. The summed E-state index contributed by atoms with van der Waals surface area (Å²) in [6, 6.07) is 2.77. The lowest BCUT2D eigenvalue weighted by Crippen LogP contribution is -2.36. The van der Waals surface area contributed by atoms with Crippen LogP contribution in [0.5, 0.6) is 0 Å². The molecule has 1 aromatic heterocycles. The van der Waals surface area contributed by atoms with Crippen molar-refractivity contribution in [3.63, 3.8) is 0 Å². The molecule has 2 N–H and O–H groups in total. The smallest absolute Gasteiger partial charge is 0.118 e. The van der Waals surface area contributed by atoms with E-state index >= 15 is 0 Å². The zero-order valence-corrected chi connectivity index (χ0v) is 13.2. The molecule has 0 aliphatic rings. The lowest BCUT2D eigenvalue weighted by Gasteiger charge is -2.31. The first kappa shape index (κ1) is 16.3. The summed E-state index contributed by atoms with van der Waals surface area (Å²) in [6.07, 6.45) is 2.40. The predicted molar refractivity (Wildman–Crippen MR) is 81.0 cm³/mol. The minimum Gasteiger partial charge on any atom is -0.465 e. The number of nitrogens with zero attached hydrogens (tertiary/aromatic N) is 1. The molecule has 0 spiro atoms. The Morgan fingerprint density at radius 2 is 1.89 bits per heavy atom. The molecule has 19 heavy (non-hydrogen) atoms. The van der Waals surface area contributed by atoms with Crippen molar-refractivity contribution < 1.29 is 4.42 Å². The van der Waals surface area contributed by atoms with Gasteiger partial charge in [-0.05, 0) is 31.7 Å². The van der Waals surface area contributed by atoms with Crippen molar-refractivity contribution in [2.45, 2.75) is 66.6 Å². The average Bonchev–Trinajstić information content (AvgIpc) is 2.71. The van der Waals surface area contributed by atoms with Crippen molar-refractivity contribution >= 4 is 0 Å². The van der Waals surface area contributed by atoms with E-state index in [0.717, 1.165) is 24.6 Å². The van der Waals surface area contributed by atoms with Crippen molar-refractivity contribution in [1.82, 2.24) is 4.90 Å². The minimum absolute atomic E-state index is 0.482. The third-order valence-electron chi connectivity index (χ3n) is 3.70. The fourth-order valence-corrected chi connectivity index (χ4v) is 2.68. The Morgan fingerprint density at radius 3 is 2.32 bits per heavy atom. The van der Waals surface area contributed by atoms with E-state index in [1.165, 1.54) is 18.4 Å². The average molecular weight is 266 g/mol. The highest BCUT2D eigenvalue weighted by Gasteiger charge is 2.18. The summed E-state index contributed by atoms with van der Waals surface area (Å²) in [5.41, 5.74) is 6.93. The van der Waals surface area contributed by atoms with Gasteiger partial charge < -0.3 is 10.2 Å². The molecule has 110 valence electrons. The monoisotopic (exact) mass is 266 g/mol. The van der Waals surface area contributed by atoms with E-state index in [-0.39, 0.29) is 0 Å². The molecule has 0 bridgehead atoms. The SMILES string of the molecule is CCC(CC)N(Cc1cc(CN)oc1C)CC(C)C. The van der Waals surface area contributed by atoms with Gasteiger partial charge in [-0.2, -0.15) is 0 Å². The van der Waals surface area contributed by atoms with Gasteiger partial charge in [-0.15, -0.1) is 0 Å². The Kier molecular flexibility index (Phi) is 6.59. The van der Waals surface area contributed by atoms with E-state index < -0.39 is 0 Å². The van der Waals surface area contributed by atoms with Crippen LogP contribution < -0.4 is 5.73 Å². The van der Waals surface area contributed by atoms with E-state index in [2.05, 4.69) is 38.7 Å². The molecule has 0 aromatic carbocycles. The van der Waals surface area contributed by atoms with Crippen LogP contribution in [0.25, 0.3) is 0 Å². The van der Waals surface area contributed by atoms with Crippen LogP contribution in [0.3, 0.4) is 0 Å². The minimum atomic E-state index is 0.482. The van der Waals surface area contributed by atoms with Crippen molar-refractivity contribution in [1.29, 1.82) is 0 Å². The zero-order chi connectivity index (χ0) is 14.4.